The molecule has 4 nitrogen and oxygen atoms in total. The Labute approximate surface area is 168 Å². The monoisotopic (exact) mass is 387 g/mol. The molecule has 0 saturated carbocycles. The first-order valence-corrected chi connectivity index (χ1v) is 9.24. The third-order valence-corrected chi connectivity index (χ3v) is 4.61. The van der Waals surface area contributed by atoms with Crippen LogP contribution in [0.4, 0.5) is 0 Å². The van der Waals surface area contributed by atoms with Crippen molar-refractivity contribution in [3.05, 3.63) is 88.7 Å². The van der Waals surface area contributed by atoms with Crippen molar-refractivity contribution >= 4 is 17.2 Å². The largest absolute Gasteiger partial charge is 0.384 e. The fourth-order valence-corrected chi connectivity index (χ4v) is 3.04. The van der Waals surface area contributed by atoms with E-state index in [2.05, 4.69) is 16.9 Å². The van der Waals surface area contributed by atoms with E-state index in [0.29, 0.717) is 21.9 Å². The van der Waals surface area contributed by atoms with Crippen LogP contribution < -0.4 is 0 Å². The van der Waals surface area contributed by atoms with Crippen LogP contribution in [0.25, 0.3) is 16.9 Å². The molecule has 0 aliphatic carbocycles. The first-order valence-electron chi connectivity index (χ1n) is 8.86. The zero-order chi connectivity index (χ0) is 19.7. The number of hydrogen-bond acceptors (Lipinski definition) is 3. The standard InChI is InChI=1S/C23H18ClN3O/c1-23(2,28)21-14-20(17-10-12-19(24)13-11-17)26-22-18(15-25-27(21)22)9-8-16-6-4-3-5-7-16/h3-7,10-15,28H,1-2H3. The second-order valence-electron chi connectivity index (χ2n) is 7.00. The summed E-state index contributed by atoms with van der Waals surface area (Å²) in [6.07, 6.45) is 1.68. The highest BCUT2D eigenvalue weighted by atomic mass is 35.5. The molecule has 1 N–H and O–H groups in total. The van der Waals surface area contributed by atoms with Crippen LogP contribution in [-0.2, 0) is 5.60 Å². The fourth-order valence-electron chi connectivity index (χ4n) is 2.92. The molecule has 0 aliphatic rings. The lowest BCUT2D eigenvalue weighted by atomic mass is 10.0. The third-order valence-electron chi connectivity index (χ3n) is 4.35. The average molecular weight is 388 g/mol. The molecule has 0 saturated heterocycles. The van der Waals surface area contributed by atoms with E-state index in [1.807, 2.05) is 60.7 Å². The van der Waals surface area contributed by atoms with Crippen molar-refractivity contribution in [2.24, 2.45) is 0 Å². The Balaban J connectivity index is 1.91. The molecule has 4 aromatic rings. The molecule has 0 aliphatic heterocycles. The number of rotatable bonds is 2. The zero-order valence-corrected chi connectivity index (χ0v) is 16.3. The van der Waals surface area contributed by atoms with Crippen LogP contribution in [-0.4, -0.2) is 19.7 Å². The van der Waals surface area contributed by atoms with E-state index in [0.717, 1.165) is 16.8 Å². The van der Waals surface area contributed by atoms with E-state index in [1.165, 1.54) is 0 Å². The van der Waals surface area contributed by atoms with Crippen LogP contribution >= 0.6 is 11.6 Å². The molecule has 2 heterocycles. The molecule has 0 radical (unpaired) electrons. The van der Waals surface area contributed by atoms with E-state index in [9.17, 15) is 5.11 Å². The summed E-state index contributed by atoms with van der Waals surface area (Å²) in [6.45, 7) is 3.45. The van der Waals surface area contributed by atoms with Crippen molar-refractivity contribution in [3.63, 3.8) is 0 Å². The van der Waals surface area contributed by atoms with Gasteiger partial charge in [-0.3, -0.25) is 0 Å². The van der Waals surface area contributed by atoms with Crippen LogP contribution in [0, 0.1) is 11.8 Å². The lowest BCUT2D eigenvalue weighted by molar-refractivity contribution is 0.0714. The van der Waals surface area contributed by atoms with Gasteiger partial charge in [-0.15, -0.1) is 0 Å². The van der Waals surface area contributed by atoms with Crippen LogP contribution in [0.2, 0.25) is 5.02 Å². The van der Waals surface area contributed by atoms with Crippen LogP contribution in [0.3, 0.4) is 0 Å². The van der Waals surface area contributed by atoms with Gasteiger partial charge in [-0.25, -0.2) is 9.50 Å². The number of nitrogens with zero attached hydrogens (tertiary/aromatic N) is 3. The molecule has 0 bridgehead atoms. The molecular weight excluding hydrogens is 370 g/mol. The molecule has 28 heavy (non-hydrogen) atoms. The summed E-state index contributed by atoms with van der Waals surface area (Å²) in [4.78, 5) is 4.77. The minimum absolute atomic E-state index is 0.605. The number of fused-ring (bicyclic) bond motifs is 1. The highest BCUT2D eigenvalue weighted by molar-refractivity contribution is 6.30. The predicted molar refractivity (Wildman–Crippen MR) is 111 cm³/mol. The molecule has 0 unspecified atom stereocenters. The van der Waals surface area contributed by atoms with Gasteiger partial charge in [0.15, 0.2) is 5.65 Å². The van der Waals surface area contributed by atoms with Crippen LogP contribution in [0.1, 0.15) is 30.7 Å². The summed E-state index contributed by atoms with van der Waals surface area (Å²) >= 11 is 6.01. The molecule has 138 valence electrons. The molecule has 0 fully saturated rings. The minimum Gasteiger partial charge on any atom is -0.384 e. The van der Waals surface area contributed by atoms with Crippen LogP contribution in [0.15, 0.2) is 66.9 Å². The van der Waals surface area contributed by atoms with E-state index >= 15 is 0 Å². The topological polar surface area (TPSA) is 50.4 Å². The summed E-state index contributed by atoms with van der Waals surface area (Å²) in [7, 11) is 0. The normalized spacial score (nSPS) is 11.3. The van der Waals surface area contributed by atoms with E-state index in [1.54, 1.807) is 24.6 Å². The molecule has 2 aromatic heterocycles. The summed E-state index contributed by atoms with van der Waals surface area (Å²) < 4.78 is 1.65. The Morgan fingerprint density at radius 3 is 2.39 bits per heavy atom. The van der Waals surface area contributed by atoms with Gasteiger partial charge >= 0.3 is 0 Å². The maximum Gasteiger partial charge on any atom is 0.171 e. The molecule has 4 rings (SSSR count). The van der Waals surface area contributed by atoms with Gasteiger partial charge in [0.25, 0.3) is 0 Å². The highest BCUT2D eigenvalue weighted by Crippen LogP contribution is 2.27. The van der Waals surface area contributed by atoms with Gasteiger partial charge < -0.3 is 5.11 Å². The van der Waals surface area contributed by atoms with Crippen molar-refractivity contribution in [2.45, 2.75) is 19.4 Å². The van der Waals surface area contributed by atoms with E-state index in [-0.39, 0.29) is 0 Å². The lowest BCUT2D eigenvalue weighted by Gasteiger charge is -2.19. The quantitative estimate of drug-likeness (QED) is 0.508. The van der Waals surface area contributed by atoms with Gasteiger partial charge in [0.05, 0.1) is 23.1 Å². The van der Waals surface area contributed by atoms with Crippen molar-refractivity contribution in [1.82, 2.24) is 14.6 Å². The van der Waals surface area contributed by atoms with Crippen molar-refractivity contribution in [3.8, 4) is 23.1 Å². The van der Waals surface area contributed by atoms with Gasteiger partial charge in [-0.2, -0.15) is 5.10 Å². The number of halogens is 1. The van der Waals surface area contributed by atoms with Gasteiger partial charge in [-0.1, -0.05) is 53.8 Å². The Kier molecular flexibility index (Phi) is 4.64. The van der Waals surface area contributed by atoms with Crippen molar-refractivity contribution < 1.29 is 5.11 Å². The molecule has 0 spiro atoms. The fraction of sp³-hybridized carbons (Fsp3) is 0.130. The second-order valence-corrected chi connectivity index (χ2v) is 7.44. The van der Waals surface area contributed by atoms with Gasteiger partial charge in [0.1, 0.15) is 5.60 Å². The third kappa shape index (κ3) is 3.63. The average Bonchev–Trinajstić information content (AvgIpc) is 3.09. The van der Waals surface area contributed by atoms with E-state index in [4.69, 9.17) is 16.6 Å². The first kappa shape index (κ1) is 18.2. The Morgan fingerprint density at radius 1 is 1.00 bits per heavy atom. The number of aromatic nitrogens is 3. The summed E-state index contributed by atoms with van der Waals surface area (Å²) in [6, 6.07) is 19.0. The lowest BCUT2D eigenvalue weighted by Crippen LogP contribution is -2.21. The van der Waals surface area contributed by atoms with E-state index < -0.39 is 5.60 Å². The van der Waals surface area contributed by atoms with Crippen LogP contribution in [0.5, 0.6) is 0 Å². The number of benzene rings is 2. The van der Waals surface area contributed by atoms with Crippen molar-refractivity contribution in [2.75, 3.05) is 0 Å². The number of aliphatic hydroxyl groups is 1. The maximum absolute atomic E-state index is 10.7. The highest BCUT2D eigenvalue weighted by Gasteiger charge is 2.23. The first-order chi connectivity index (χ1) is 13.4. The van der Waals surface area contributed by atoms with Gasteiger partial charge in [-0.05, 0) is 44.2 Å². The summed E-state index contributed by atoms with van der Waals surface area (Å²) in [5, 5.41) is 15.7. The SMILES string of the molecule is CC(C)(O)c1cc(-c2ccc(Cl)cc2)nc2c(C#Cc3ccccc3)cnn12. The molecule has 0 atom stereocenters. The van der Waals surface area contributed by atoms with Gasteiger partial charge in [0.2, 0.25) is 0 Å². The Morgan fingerprint density at radius 2 is 1.71 bits per heavy atom. The predicted octanol–water partition coefficient (Wildman–Crippen LogP) is 4.68. The van der Waals surface area contributed by atoms with Gasteiger partial charge in [0, 0.05) is 16.1 Å². The van der Waals surface area contributed by atoms with Crippen molar-refractivity contribution in [1.29, 1.82) is 0 Å². The summed E-state index contributed by atoms with van der Waals surface area (Å²) in [5.74, 6) is 6.29. The molecule has 2 aromatic carbocycles. The Bertz CT molecular complexity index is 1190. The molecule has 0 amide bonds. The maximum atomic E-state index is 10.7. The second kappa shape index (κ2) is 7.12. The minimum atomic E-state index is -1.10. The zero-order valence-electron chi connectivity index (χ0n) is 15.5. The summed E-state index contributed by atoms with van der Waals surface area (Å²) in [5.41, 5.74) is 3.38. The smallest absolute Gasteiger partial charge is 0.171 e. The Hall–Kier alpha value is -3.13. The molecule has 5 heteroatoms. The number of hydrogen-bond donors (Lipinski definition) is 1. The molecular formula is C23H18ClN3O.